The molecule has 0 saturated heterocycles. The van der Waals surface area contributed by atoms with E-state index in [0.717, 1.165) is 17.9 Å². The summed E-state index contributed by atoms with van der Waals surface area (Å²) in [4.78, 5) is 25.1. The van der Waals surface area contributed by atoms with E-state index >= 15 is 0 Å². The van der Waals surface area contributed by atoms with Crippen LogP contribution in [-0.2, 0) is 7.05 Å². The van der Waals surface area contributed by atoms with Gasteiger partial charge in [0.2, 0.25) is 0 Å². The molecule has 2 aromatic rings. The lowest BCUT2D eigenvalue weighted by Gasteiger charge is -2.19. The maximum absolute atomic E-state index is 12.5. The Morgan fingerprint density at radius 1 is 1.32 bits per heavy atom. The second kappa shape index (κ2) is 6.64. The topological polar surface area (TPSA) is 85.6 Å². The average molecular weight is 302 g/mol. The molecular weight excluding hydrogens is 280 g/mol. The quantitative estimate of drug-likeness (QED) is 0.909. The molecule has 0 aliphatic carbocycles. The van der Waals surface area contributed by atoms with Crippen LogP contribution in [0.4, 0.5) is 0 Å². The van der Waals surface area contributed by atoms with Gasteiger partial charge in [0.05, 0.1) is 6.04 Å². The molecule has 0 spiro atoms. The molecule has 0 radical (unpaired) electrons. The van der Waals surface area contributed by atoms with Crippen molar-refractivity contribution in [2.75, 3.05) is 0 Å². The molecule has 7 heteroatoms. The molecule has 1 unspecified atom stereocenters. The fraction of sp³-hybridized carbons (Fsp3) is 0.533. The van der Waals surface area contributed by atoms with Gasteiger partial charge in [0.15, 0.2) is 0 Å². The number of rotatable bonds is 5. The highest BCUT2D eigenvalue weighted by atomic mass is 16.2. The average Bonchev–Trinajstić information content (AvgIpc) is 2.82. The van der Waals surface area contributed by atoms with Gasteiger partial charge in [-0.05, 0) is 32.3 Å². The van der Waals surface area contributed by atoms with E-state index in [1.54, 1.807) is 17.7 Å². The summed E-state index contributed by atoms with van der Waals surface area (Å²) in [5.41, 5.74) is 1.15. The van der Waals surface area contributed by atoms with Crippen LogP contribution < -0.4 is 5.32 Å². The summed E-state index contributed by atoms with van der Waals surface area (Å²) in [6, 6.07) is 1.49. The molecule has 0 saturated carbocycles. The zero-order chi connectivity index (χ0) is 16.3. The van der Waals surface area contributed by atoms with Crippen molar-refractivity contribution in [3.05, 3.63) is 35.4 Å². The van der Waals surface area contributed by atoms with Crippen LogP contribution in [-0.4, -0.2) is 30.6 Å². The summed E-state index contributed by atoms with van der Waals surface area (Å²) in [5.74, 6) is 1.52. The molecule has 2 rings (SSSR count). The highest BCUT2D eigenvalue weighted by molar-refractivity contribution is 5.92. The lowest BCUT2D eigenvalue weighted by atomic mass is 10.0. The van der Waals surface area contributed by atoms with Crippen LogP contribution in [0.5, 0.6) is 0 Å². The van der Waals surface area contributed by atoms with Gasteiger partial charge in [-0.3, -0.25) is 9.48 Å². The number of aryl methyl sites for hydroxylation is 3. The number of carbonyl (C=O) groups is 1. The van der Waals surface area contributed by atoms with Crippen LogP contribution in [0.3, 0.4) is 0 Å². The summed E-state index contributed by atoms with van der Waals surface area (Å²) in [5, 5.41) is 7.09. The van der Waals surface area contributed by atoms with Gasteiger partial charge in [0, 0.05) is 12.7 Å². The minimum Gasteiger partial charge on any atom is -0.341 e. The summed E-state index contributed by atoms with van der Waals surface area (Å²) in [6.07, 6.45) is 2.27. The number of nitrogens with one attached hydrogen (secondary N) is 1. The summed E-state index contributed by atoms with van der Waals surface area (Å²) >= 11 is 0. The second-order valence-electron chi connectivity index (χ2n) is 5.84. The fourth-order valence-electron chi connectivity index (χ4n) is 2.39. The molecule has 7 nitrogen and oxygen atoms in total. The van der Waals surface area contributed by atoms with Crippen molar-refractivity contribution in [3.63, 3.8) is 0 Å². The van der Waals surface area contributed by atoms with Crippen LogP contribution in [0.15, 0.2) is 12.4 Å². The molecule has 2 aromatic heterocycles. The van der Waals surface area contributed by atoms with Crippen LogP contribution in [0.25, 0.3) is 0 Å². The van der Waals surface area contributed by atoms with Crippen LogP contribution in [0.1, 0.15) is 54.1 Å². The van der Waals surface area contributed by atoms with Gasteiger partial charge in [-0.25, -0.2) is 15.0 Å². The van der Waals surface area contributed by atoms with Crippen molar-refractivity contribution < 1.29 is 4.79 Å². The molecule has 118 valence electrons. The van der Waals surface area contributed by atoms with Crippen LogP contribution in [0.2, 0.25) is 0 Å². The Morgan fingerprint density at radius 2 is 2.05 bits per heavy atom. The zero-order valence-electron chi connectivity index (χ0n) is 13.7. The third-order valence-corrected chi connectivity index (χ3v) is 3.27. The normalized spacial score (nSPS) is 12.5. The predicted octanol–water partition coefficient (Wildman–Crippen LogP) is 1.74. The van der Waals surface area contributed by atoms with Gasteiger partial charge in [0.1, 0.15) is 23.7 Å². The van der Waals surface area contributed by atoms with E-state index in [9.17, 15) is 4.79 Å². The number of hydrogen-bond donors (Lipinski definition) is 1. The molecule has 0 bridgehead atoms. The number of carbonyl (C=O) groups excluding carboxylic acids is 1. The molecule has 0 fully saturated rings. The van der Waals surface area contributed by atoms with Gasteiger partial charge < -0.3 is 5.32 Å². The van der Waals surface area contributed by atoms with Gasteiger partial charge >= 0.3 is 0 Å². The Hall–Kier alpha value is -2.31. The van der Waals surface area contributed by atoms with Crippen molar-refractivity contribution in [3.8, 4) is 0 Å². The third kappa shape index (κ3) is 3.87. The Labute approximate surface area is 130 Å². The Balaban J connectivity index is 2.23. The minimum absolute atomic E-state index is 0.199. The maximum Gasteiger partial charge on any atom is 0.270 e. The number of aromatic nitrogens is 5. The molecule has 1 atom stereocenters. The highest BCUT2D eigenvalue weighted by Crippen LogP contribution is 2.19. The van der Waals surface area contributed by atoms with Crippen molar-refractivity contribution in [2.24, 2.45) is 13.0 Å². The molecule has 22 heavy (non-hydrogen) atoms. The fourth-order valence-corrected chi connectivity index (χ4v) is 2.39. The molecule has 0 aliphatic rings. The van der Waals surface area contributed by atoms with E-state index in [2.05, 4.69) is 39.2 Å². The summed E-state index contributed by atoms with van der Waals surface area (Å²) in [6.45, 7) is 7.83. The lowest BCUT2D eigenvalue weighted by Crippen LogP contribution is -2.32. The first-order valence-electron chi connectivity index (χ1n) is 7.34. The lowest BCUT2D eigenvalue weighted by molar-refractivity contribution is 0.0923. The van der Waals surface area contributed by atoms with E-state index in [1.165, 1.54) is 6.33 Å². The largest absolute Gasteiger partial charge is 0.341 e. The molecular formula is C15H22N6O. The molecule has 0 aromatic carbocycles. The van der Waals surface area contributed by atoms with Crippen molar-refractivity contribution >= 4 is 5.91 Å². The van der Waals surface area contributed by atoms with E-state index in [0.29, 0.717) is 17.4 Å². The third-order valence-electron chi connectivity index (χ3n) is 3.27. The number of nitrogens with zero attached hydrogens (tertiary/aromatic N) is 5. The molecule has 2 heterocycles. The predicted molar refractivity (Wildman–Crippen MR) is 82.2 cm³/mol. The van der Waals surface area contributed by atoms with Gasteiger partial charge in [-0.1, -0.05) is 13.8 Å². The van der Waals surface area contributed by atoms with Crippen LogP contribution >= 0.6 is 0 Å². The standard InChI is InChI=1S/C15H22N6O/c1-9(2)6-12(14-16-8-17-21(14)5)20-15(22)13-7-10(3)18-11(4)19-13/h7-9,12H,6H2,1-5H3,(H,20,22). The molecule has 0 aliphatic heterocycles. The van der Waals surface area contributed by atoms with Gasteiger partial charge in [-0.15, -0.1) is 0 Å². The van der Waals surface area contributed by atoms with Crippen LogP contribution in [0, 0.1) is 19.8 Å². The smallest absolute Gasteiger partial charge is 0.270 e. The van der Waals surface area contributed by atoms with Crippen molar-refractivity contribution in [2.45, 2.75) is 40.2 Å². The Bertz CT molecular complexity index is 644. The Morgan fingerprint density at radius 3 is 2.59 bits per heavy atom. The number of amides is 1. The molecule has 1 N–H and O–H groups in total. The maximum atomic E-state index is 12.5. The van der Waals surface area contributed by atoms with Crippen molar-refractivity contribution in [1.29, 1.82) is 0 Å². The zero-order valence-corrected chi connectivity index (χ0v) is 13.7. The van der Waals surface area contributed by atoms with E-state index in [-0.39, 0.29) is 11.9 Å². The molecule has 1 amide bonds. The SMILES string of the molecule is Cc1cc(C(=O)NC(CC(C)C)c2ncnn2C)nc(C)n1. The second-order valence-corrected chi connectivity index (χ2v) is 5.84. The minimum atomic E-state index is -0.220. The van der Waals surface area contributed by atoms with Gasteiger partial charge in [-0.2, -0.15) is 5.10 Å². The number of hydrogen-bond acceptors (Lipinski definition) is 5. The highest BCUT2D eigenvalue weighted by Gasteiger charge is 2.22. The summed E-state index contributed by atoms with van der Waals surface area (Å²) < 4.78 is 1.68. The van der Waals surface area contributed by atoms with Gasteiger partial charge in [0.25, 0.3) is 5.91 Å². The first-order chi connectivity index (χ1) is 10.4. The van der Waals surface area contributed by atoms with E-state index in [4.69, 9.17) is 0 Å². The monoisotopic (exact) mass is 302 g/mol. The van der Waals surface area contributed by atoms with E-state index < -0.39 is 0 Å². The van der Waals surface area contributed by atoms with Crippen molar-refractivity contribution in [1.82, 2.24) is 30.0 Å². The Kier molecular flexibility index (Phi) is 4.85. The first kappa shape index (κ1) is 16.1. The summed E-state index contributed by atoms with van der Waals surface area (Å²) in [7, 11) is 1.82. The van der Waals surface area contributed by atoms with E-state index in [1.807, 2.05) is 14.0 Å². The first-order valence-corrected chi connectivity index (χ1v) is 7.34.